The summed E-state index contributed by atoms with van der Waals surface area (Å²) in [7, 11) is 0. The number of nitrogens with two attached hydrogens (primary N) is 1. The van der Waals surface area contributed by atoms with Crippen LogP contribution in [0, 0.1) is 34.0 Å². The number of esters is 1. The van der Waals surface area contributed by atoms with Gasteiger partial charge in [0.05, 0.1) is 17.9 Å². The van der Waals surface area contributed by atoms with Crippen LogP contribution >= 0.6 is 11.8 Å². The molecule has 3 aliphatic rings. The third-order valence-corrected chi connectivity index (χ3v) is 11.7. The molecule has 0 saturated heterocycles. The van der Waals surface area contributed by atoms with Crippen LogP contribution < -0.4 is 11.1 Å². The first-order valence-corrected chi connectivity index (χ1v) is 15.6. The highest BCUT2D eigenvalue weighted by molar-refractivity contribution is 8.00. The fraction of sp³-hybridized carbons (Fsp3) is 0.656. The highest BCUT2D eigenvalue weighted by atomic mass is 32.2. The summed E-state index contributed by atoms with van der Waals surface area (Å²) in [6.45, 7) is 14.5. The van der Waals surface area contributed by atoms with Crippen LogP contribution in [0.1, 0.15) is 72.3 Å². The van der Waals surface area contributed by atoms with Gasteiger partial charge in [-0.3, -0.25) is 14.4 Å². The standard InChI is InChI=1S/C32H46N2O5S/c1-7-30(5)16-25(31(6)19(2)11-13-32(20(3)28(30)37)14-12-24(35)27(31)32)39-26(36)18-40-23-10-8-9-22(15-23)17-34-29(38)21(4)33/h7-10,15,19-21,25,27-28,37H,1,11-14,16-18,33H2,2-6H3,(H,34,38)/t19?,20-,21+,25+,27?,28-,30+,31-,32?/m0/s1. The highest BCUT2D eigenvalue weighted by Gasteiger charge is 2.68. The molecule has 7 nitrogen and oxygen atoms in total. The summed E-state index contributed by atoms with van der Waals surface area (Å²) in [5.41, 5.74) is 5.07. The average Bonchev–Trinajstić information content (AvgIpc) is 3.29. The van der Waals surface area contributed by atoms with Crippen LogP contribution in [0.3, 0.4) is 0 Å². The van der Waals surface area contributed by atoms with E-state index in [9.17, 15) is 19.5 Å². The molecule has 1 amide bonds. The van der Waals surface area contributed by atoms with Crippen molar-refractivity contribution in [3.63, 3.8) is 0 Å². The Morgan fingerprint density at radius 2 is 2.02 bits per heavy atom. The second-order valence-electron chi connectivity index (χ2n) is 13.0. The van der Waals surface area contributed by atoms with Crippen LogP contribution in [0.15, 0.2) is 41.8 Å². The van der Waals surface area contributed by atoms with Crippen molar-refractivity contribution >= 4 is 29.4 Å². The van der Waals surface area contributed by atoms with Crippen molar-refractivity contribution in [1.82, 2.24) is 5.32 Å². The maximum Gasteiger partial charge on any atom is 0.316 e. The van der Waals surface area contributed by atoms with E-state index in [4.69, 9.17) is 10.5 Å². The molecule has 3 unspecified atom stereocenters. The van der Waals surface area contributed by atoms with E-state index in [1.54, 1.807) is 6.92 Å². The van der Waals surface area contributed by atoms with E-state index >= 15 is 0 Å². The lowest BCUT2D eigenvalue weighted by atomic mass is 9.44. The molecule has 0 spiro atoms. The number of aliphatic hydroxyl groups is 1. The number of nitrogens with one attached hydrogen (secondary N) is 1. The highest BCUT2D eigenvalue weighted by Crippen LogP contribution is 2.68. The van der Waals surface area contributed by atoms with Crippen molar-refractivity contribution in [2.45, 2.75) is 96.4 Å². The van der Waals surface area contributed by atoms with E-state index < -0.39 is 29.1 Å². The molecule has 0 aliphatic heterocycles. The van der Waals surface area contributed by atoms with Gasteiger partial charge in [0.1, 0.15) is 11.9 Å². The molecule has 0 aromatic heterocycles. The van der Waals surface area contributed by atoms with Gasteiger partial charge in [0, 0.05) is 34.6 Å². The lowest BCUT2D eigenvalue weighted by Crippen LogP contribution is -2.63. The number of Topliss-reactive ketones (excluding diaryl/α,β-unsaturated/α-hetero) is 1. The van der Waals surface area contributed by atoms with E-state index in [1.165, 1.54) is 11.8 Å². The lowest BCUT2D eigenvalue weighted by molar-refractivity contribution is -0.205. The van der Waals surface area contributed by atoms with Gasteiger partial charge in [-0.05, 0) is 67.6 Å². The number of hydrogen-bond donors (Lipinski definition) is 3. The summed E-state index contributed by atoms with van der Waals surface area (Å²) in [5, 5.41) is 14.5. The van der Waals surface area contributed by atoms with Gasteiger partial charge < -0.3 is 20.9 Å². The minimum Gasteiger partial charge on any atom is -0.461 e. The summed E-state index contributed by atoms with van der Waals surface area (Å²) < 4.78 is 6.34. The largest absolute Gasteiger partial charge is 0.461 e. The second-order valence-corrected chi connectivity index (χ2v) is 14.1. The van der Waals surface area contributed by atoms with E-state index in [2.05, 4.69) is 32.7 Å². The number of benzene rings is 1. The Hall–Kier alpha value is -2.16. The van der Waals surface area contributed by atoms with Gasteiger partial charge in [-0.15, -0.1) is 18.3 Å². The summed E-state index contributed by atoms with van der Waals surface area (Å²) >= 11 is 1.38. The topological polar surface area (TPSA) is 119 Å². The summed E-state index contributed by atoms with van der Waals surface area (Å²) in [6.07, 6.45) is 4.18. The molecular weight excluding hydrogens is 524 g/mol. The molecule has 4 N–H and O–H groups in total. The number of carbonyl (C=O) groups is 3. The van der Waals surface area contributed by atoms with Crippen molar-refractivity contribution in [2.75, 3.05) is 5.75 Å². The Morgan fingerprint density at radius 3 is 2.70 bits per heavy atom. The number of carbonyl (C=O) groups excluding carboxylic acids is 3. The van der Waals surface area contributed by atoms with E-state index in [-0.39, 0.29) is 46.6 Å². The molecule has 8 heteroatoms. The summed E-state index contributed by atoms with van der Waals surface area (Å²) in [5.74, 6) is -0.300. The fourth-order valence-electron chi connectivity index (χ4n) is 7.93. The minimum atomic E-state index is -0.683. The van der Waals surface area contributed by atoms with Crippen LogP contribution in [0.25, 0.3) is 0 Å². The molecule has 0 radical (unpaired) electrons. The van der Waals surface area contributed by atoms with Gasteiger partial charge >= 0.3 is 5.97 Å². The normalized spacial score (nSPS) is 38.0. The van der Waals surface area contributed by atoms with E-state index in [0.29, 0.717) is 19.4 Å². The third kappa shape index (κ3) is 5.39. The van der Waals surface area contributed by atoms with Crippen molar-refractivity contribution in [1.29, 1.82) is 0 Å². The number of thioether (sulfide) groups is 1. The molecule has 9 atom stereocenters. The van der Waals surface area contributed by atoms with Crippen molar-refractivity contribution in [2.24, 2.45) is 39.7 Å². The quantitative estimate of drug-likeness (QED) is 0.237. The third-order valence-electron chi connectivity index (χ3n) is 10.7. The minimum absolute atomic E-state index is 0.0592. The number of aliphatic hydroxyl groups excluding tert-OH is 1. The first kappa shape index (κ1) is 30.8. The van der Waals surface area contributed by atoms with Gasteiger partial charge in [0.2, 0.25) is 5.91 Å². The molecule has 220 valence electrons. The molecule has 1 aromatic rings. The van der Waals surface area contributed by atoms with Gasteiger partial charge in [-0.1, -0.05) is 45.9 Å². The van der Waals surface area contributed by atoms with Crippen molar-refractivity contribution in [3.05, 3.63) is 42.5 Å². The van der Waals surface area contributed by atoms with Gasteiger partial charge in [-0.2, -0.15) is 0 Å². The summed E-state index contributed by atoms with van der Waals surface area (Å²) in [6, 6.07) is 7.10. The number of rotatable bonds is 8. The summed E-state index contributed by atoms with van der Waals surface area (Å²) in [4.78, 5) is 39.7. The number of ether oxygens (including phenoxy) is 1. The number of amides is 1. The number of hydrogen-bond acceptors (Lipinski definition) is 7. The first-order valence-electron chi connectivity index (χ1n) is 14.6. The van der Waals surface area contributed by atoms with Crippen LogP contribution in [0.5, 0.6) is 0 Å². The van der Waals surface area contributed by atoms with Crippen molar-refractivity contribution in [3.8, 4) is 0 Å². The average molecular weight is 571 g/mol. The van der Waals surface area contributed by atoms with Gasteiger partial charge in [0.15, 0.2) is 0 Å². The molecule has 1 aromatic carbocycles. The molecule has 40 heavy (non-hydrogen) atoms. The molecule has 3 saturated carbocycles. The molecule has 4 rings (SSSR count). The zero-order chi connectivity index (χ0) is 29.5. The molecule has 0 heterocycles. The van der Waals surface area contributed by atoms with Crippen LogP contribution in [0.2, 0.25) is 0 Å². The second kappa shape index (κ2) is 11.6. The van der Waals surface area contributed by atoms with Gasteiger partial charge in [0.25, 0.3) is 0 Å². The Morgan fingerprint density at radius 1 is 1.30 bits per heavy atom. The number of ketones is 1. The van der Waals surface area contributed by atoms with Crippen LogP contribution in [-0.2, 0) is 25.7 Å². The molecule has 2 bridgehead atoms. The molecular formula is C32H46N2O5S. The zero-order valence-electron chi connectivity index (χ0n) is 24.6. The Labute approximate surface area is 243 Å². The SMILES string of the molecule is C=C[C@]1(C)C[C@@H](OC(=O)CSc2cccc(CNC(=O)[C@@H](C)N)c2)[C@]2(C)C(C)CCC3(CCC(=O)C32)[C@@H](C)[C@@H]1O. The van der Waals surface area contributed by atoms with Crippen LogP contribution in [-0.4, -0.2) is 46.8 Å². The Bertz CT molecular complexity index is 1160. The lowest BCUT2D eigenvalue weighted by Gasteiger charge is -2.61. The molecule has 3 fully saturated rings. The zero-order valence-corrected chi connectivity index (χ0v) is 25.4. The predicted octanol–water partition coefficient (Wildman–Crippen LogP) is 4.65. The monoisotopic (exact) mass is 570 g/mol. The maximum absolute atomic E-state index is 13.5. The van der Waals surface area contributed by atoms with Gasteiger partial charge in [-0.25, -0.2) is 0 Å². The Balaban J connectivity index is 1.55. The maximum atomic E-state index is 13.5. The van der Waals surface area contributed by atoms with E-state index in [1.807, 2.05) is 37.3 Å². The first-order chi connectivity index (χ1) is 18.8. The Kier molecular flexibility index (Phi) is 8.94. The predicted molar refractivity (Wildman–Crippen MR) is 157 cm³/mol. The smallest absolute Gasteiger partial charge is 0.316 e. The fourth-order valence-corrected chi connectivity index (χ4v) is 8.69. The van der Waals surface area contributed by atoms with Crippen molar-refractivity contribution < 1.29 is 24.2 Å². The van der Waals surface area contributed by atoms with E-state index in [0.717, 1.165) is 29.7 Å². The molecule has 3 aliphatic carbocycles. The van der Waals surface area contributed by atoms with Crippen LogP contribution in [0.4, 0.5) is 0 Å².